The van der Waals surface area contributed by atoms with Crippen LogP contribution in [0.25, 0.3) is 0 Å². The third-order valence-electron chi connectivity index (χ3n) is 4.20. The van der Waals surface area contributed by atoms with E-state index in [9.17, 15) is 18.3 Å². The van der Waals surface area contributed by atoms with Crippen molar-refractivity contribution in [1.82, 2.24) is 4.31 Å². The highest BCUT2D eigenvalue weighted by Crippen LogP contribution is 2.40. The van der Waals surface area contributed by atoms with E-state index in [1.807, 2.05) is 0 Å². The molecule has 20 heavy (non-hydrogen) atoms. The molecule has 3 rings (SSSR count). The molecular weight excluding hydrogens is 302 g/mol. The highest BCUT2D eigenvalue weighted by atomic mass is 32.2. The highest BCUT2D eigenvalue weighted by Gasteiger charge is 2.46. The Bertz CT molecular complexity index is 638. The summed E-state index contributed by atoms with van der Waals surface area (Å²) in [6.07, 6.45) is 1.17. The topological polar surface area (TPSA) is 94.9 Å². The van der Waals surface area contributed by atoms with Crippen LogP contribution in [0.4, 0.5) is 0 Å². The minimum absolute atomic E-state index is 0.00648. The average Bonchev–Trinajstić information content (AvgIpc) is 3.06. The molecule has 1 aromatic rings. The number of aromatic carboxylic acids is 1. The number of rotatable bonds is 3. The van der Waals surface area contributed by atoms with Crippen LogP contribution in [0, 0.1) is 11.8 Å². The molecule has 2 aliphatic rings. The van der Waals surface area contributed by atoms with Gasteiger partial charge < -0.3 is 10.2 Å². The SMILES string of the molecule is O=C(O)c1csc(S(=O)(=O)N2CC3CCC(O)C3C2)c1. The minimum Gasteiger partial charge on any atom is -0.478 e. The number of fused-ring (bicyclic) bond motifs is 1. The Morgan fingerprint density at radius 1 is 1.35 bits per heavy atom. The predicted molar refractivity (Wildman–Crippen MR) is 72.3 cm³/mol. The van der Waals surface area contributed by atoms with Gasteiger partial charge in [0, 0.05) is 24.4 Å². The summed E-state index contributed by atoms with van der Waals surface area (Å²) in [7, 11) is -3.64. The maximum absolute atomic E-state index is 12.5. The zero-order valence-corrected chi connectivity index (χ0v) is 12.2. The summed E-state index contributed by atoms with van der Waals surface area (Å²) < 4.78 is 26.4. The van der Waals surface area contributed by atoms with Gasteiger partial charge in [0.25, 0.3) is 10.0 Å². The summed E-state index contributed by atoms with van der Waals surface area (Å²) in [6, 6.07) is 1.20. The number of carbonyl (C=O) groups is 1. The Kier molecular flexibility index (Phi) is 3.36. The summed E-state index contributed by atoms with van der Waals surface area (Å²) in [5, 5.41) is 20.0. The molecule has 1 aromatic heterocycles. The zero-order chi connectivity index (χ0) is 14.5. The molecule has 1 aliphatic carbocycles. The Labute approximate surface area is 120 Å². The maximum atomic E-state index is 12.5. The normalized spacial score (nSPS) is 30.6. The van der Waals surface area contributed by atoms with E-state index in [0.29, 0.717) is 13.1 Å². The number of hydrogen-bond acceptors (Lipinski definition) is 5. The van der Waals surface area contributed by atoms with Crippen LogP contribution in [0.2, 0.25) is 0 Å². The lowest BCUT2D eigenvalue weighted by atomic mass is 10.00. The third kappa shape index (κ3) is 2.16. The van der Waals surface area contributed by atoms with E-state index in [4.69, 9.17) is 5.11 Å². The van der Waals surface area contributed by atoms with E-state index in [0.717, 1.165) is 24.2 Å². The van der Waals surface area contributed by atoms with E-state index in [-0.39, 0.29) is 21.6 Å². The second-order valence-electron chi connectivity index (χ2n) is 5.35. The smallest absolute Gasteiger partial charge is 0.336 e. The van der Waals surface area contributed by atoms with Crippen molar-refractivity contribution in [3.05, 3.63) is 17.0 Å². The van der Waals surface area contributed by atoms with Gasteiger partial charge >= 0.3 is 5.97 Å². The van der Waals surface area contributed by atoms with Gasteiger partial charge in [-0.3, -0.25) is 0 Å². The molecule has 8 heteroatoms. The van der Waals surface area contributed by atoms with Crippen molar-refractivity contribution in [3.8, 4) is 0 Å². The predicted octanol–water partition coefficient (Wildman–Crippen LogP) is 0.838. The fourth-order valence-corrected chi connectivity index (χ4v) is 5.92. The van der Waals surface area contributed by atoms with E-state index < -0.39 is 22.1 Å². The van der Waals surface area contributed by atoms with Crippen LogP contribution >= 0.6 is 11.3 Å². The van der Waals surface area contributed by atoms with E-state index in [1.165, 1.54) is 15.8 Å². The van der Waals surface area contributed by atoms with Gasteiger partial charge in [0.1, 0.15) is 4.21 Å². The second kappa shape index (κ2) is 4.80. The molecule has 110 valence electrons. The number of aliphatic hydroxyl groups is 1. The van der Waals surface area contributed by atoms with Gasteiger partial charge in [-0.25, -0.2) is 13.2 Å². The first-order valence-electron chi connectivity index (χ1n) is 6.39. The zero-order valence-electron chi connectivity index (χ0n) is 10.6. The Hall–Kier alpha value is -0.960. The Morgan fingerprint density at radius 3 is 2.70 bits per heavy atom. The third-order valence-corrected chi connectivity index (χ3v) is 7.45. The van der Waals surface area contributed by atoms with Gasteiger partial charge in [-0.05, 0) is 24.8 Å². The van der Waals surface area contributed by atoms with Crippen molar-refractivity contribution >= 4 is 27.3 Å². The molecule has 3 unspecified atom stereocenters. The van der Waals surface area contributed by atoms with Crippen molar-refractivity contribution in [2.75, 3.05) is 13.1 Å². The number of carboxylic acid groups (broad SMARTS) is 1. The number of thiophene rings is 1. The van der Waals surface area contributed by atoms with Crippen molar-refractivity contribution in [2.45, 2.75) is 23.2 Å². The lowest BCUT2D eigenvalue weighted by Gasteiger charge is -2.17. The fraction of sp³-hybridized carbons (Fsp3) is 0.583. The van der Waals surface area contributed by atoms with Crippen LogP contribution in [-0.2, 0) is 10.0 Å². The molecule has 1 saturated heterocycles. The van der Waals surface area contributed by atoms with Gasteiger partial charge in [0.2, 0.25) is 0 Å². The molecular formula is C12H15NO5S2. The molecule has 2 N–H and O–H groups in total. The standard InChI is InChI=1S/C12H15NO5S2/c14-10-2-1-7-4-13(5-9(7)10)20(17,18)11-3-8(6-19-11)12(15)16/h3,6-7,9-10,14H,1-2,4-5H2,(H,15,16). The van der Waals surface area contributed by atoms with Gasteiger partial charge in [0.05, 0.1) is 11.7 Å². The van der Waals surface area contributed by atoms with Crippen LogP contribution in [0.1, 0.15) is 23.2 Å². The van der Waals surface area contributed by atoms with Crippen molar-refractivity contribution in [1.29, 1.82) is 0 Å². The summed E-state index contributed by atoms with van der Waals surface area (Å²) in [5.41, 5.74) is -0.00648. The quantitative estimate of drug-likeness (QED) is 0.861. The van der Waals surface area contributed by atoms with E-state index in [1.54, 1.807) is 0 Å². The largest absolute Gasteiger partial charge is 0.478 e. The first-order chi connectivity index (χ1) is 9.39. The number of hydrogen-bond donors (Lipinski definition) is 2. The number of aliphatic hydroxyl groups excluding tert-OH is 1. The Balaban J connectivity index is 1.84. The van der Waals surface area contributed by atoms with Crippen molar-refractivity contribution < 1.29 is 23.4 Å². The van der Waals surface area contributed by atoms with Crippen LogP contribution in [-0.4, -0.2) is 48.1 Å². The molecule has 6 nitrogen and oxygen atoms in total. The van der Waals surface area contributed by atoms with E-state index >= 15 is 0 Å². The van der Waals surface area contributed by atoms with Crippen molar-refractivity contribution in [3.63, 3.8) is 0 Å². The monoisotopic (exact) mass is 317 g/mol. The number of nitrogens with zero attached hydrogens (tertiary/aromatic N) is 1. The minimum atomic E-state index is -3.64. The molecule has 0 radical (unpaired) electrons. The maximum Gasteiger partial charge on any atom is 0.336 e. The summed E-state index contributed by atoms with van der Waals surface area (Å²) >= 11 is 0.928. The molecule has 0 spiro atoms. The molecule has 2 fully saturated rings. The average molecular weight is 317 g/mol. The van der Waals surface area contributed by atoms with E-state index in [2.05, 4.69) is 0 Å². The van der Waals surface area contributed by atoms with Gasteiger partial charge in [0.15, 0.2) is 0 Å². The molecule has 1 aliphatic heterocycles. The first-order valence-corrected chi connectivity index (χ1v) is 8.71. The highest BCUT2D eigenvalue weighted by molar-refractivity contribution is 7.91. The van der Waals surface area contributed by atoms with Crippen molar-refractivity contribution in [2.24, 2.45) is 11.8 Å². The van der Waals surface area contributed by atoms with Gasteiger partial charge in [-0.15, -0.1) is 11.3 Å². The van der Waals surface area contributed by atoms with Gasteiger partial charge in [-0.1, -0.05) is 0 Å². The number of sulfonamides is 1. The fourth-order valence-electron chi connectivity index (χ4n) is 3.08. The van der Waals surface area contributed by atoms with Crippen LogP contribution in [0.3, 0.4) is 0 Å². The molecule has 3 atom stereocenters. The summed E-state index contributed by atoms with van der Waals surface area (Å²) in [5.74, 6) is -0.890. The molecule has 0 bridgehead atoms. The first kappa shape index (κ1) is 14.0. The Morgan fingerprint density at radius 2 is 2.10 bits per heavy atom. The molecule has 2 heterocycles. The summed E-state index contributed by atoms with van der Waals surface area (Å²) in [6.45, 7) is 0.749. The lowest BCUT2D eigenvalue weighted by molar-refractivity contribution is 0.0697. The second-order valence-corrected chi connectivity index (χ2v) is 8.43. The van der Waals surface area contributed by atoms with Gasteiger partial charge in [-0.2, -0.15) is 4.31 Å². The number of carboxylic acids is 1. The molecule has 0 aromatic carbocycles. The van der Waals surface area contributed by atoms with Crippen LogP contribution in [0.15, 0.2) is 15.7 Å². The van der Waals surface area contributed by atoms with Crippen LogP contribution in [0.5, 0.6) is 0 Å². The van der Waals surface area contributed by atoms with Crippen LogP contribution < -0.4 is 0 Å². The summed E-state index contributed by atoms with van der Waals surface area (Å²) in [4.78, 5) is 10.8. The molecule has 1 saturated carbocycles. The molecule has 0 amide bonds. The lowest BCUT2D eigenvalue weighted by Crippen LogP contribution is -2.30.